The number of hydrogen-bond acceptors (Lipinski definition) is 4. The van der Waals surface area contributed by atoms with Gasteiger partial charge < -0.3 is 14.6 Å². The fraction of sp³-hybridized carbons (Fsp3) is 0.231. The summed E-state index contributed by atoms with van der Waals surface area (Å²) < 4.78 is 8.14. The molecule has 5 heteroatoms. The molecule has 31 heavy (non-hydrogen) atoms. The van der Waals surface area contributed by atoms with E-state index in [1.54, 1.807) is 0 Å². The van der Waals surface area contributed by atoms with Crippen LogP contribution in [-0.2, 0) is 11.3 Å². The summed E-state index contributed by atoms with van der Waals surface area (Å²) in [5.74, 6) is 0. The predicted molar refractivity (Wildman–Crippen MR) is 123 cm³/mol. The number of rotatable bonds is 4. The Labute approximate surface area is 181 Å². The van der Waals surface area contributed by atoms with Crippen LogP contribution in [0.5, 0.6) is 0 Å². The third-order valence-electron chi connectivity index (χ3n) is 5.81. The minimum atomic E-state index is 0.152. The number of nitriles is 1. The van der Waals surface area contributed by atoms with E-state index in [-0.39, 0.29) is 6.10 Å². The van der Waals surface area contributed by atoms with Gasteiger partial charge in [0.2, 0.25) is 0 Å². The molecule has 0 amide bonds. The second-order valence-corrected chi connectivity index (χ2v) is 8.01. The summed E-state index contributed by atoms with van der Waals surface area (Å²) in [6.07, 6.45) is 2.25. The Bertz CT molecular complexity index is 1240. The zero-order valence-corrected chi connectivity index (χ0v) is 17.5. The highest BCUT2D eigenvalue weighted by Crippen LogP contribution is 2.34. The van der Waals surface area contributed by atoms with Gasteiger partial charge in [0.1, 0.15) is 0 Å². The zero-order valence-electron chi connectivity index (χ0n) is 17.5. The van der Waals surface area contributed by atoms with Crippen molar-refractivity contribution in [1.29, 1.82) is 5.26 Å². The number of aromatic nitrogens is 2. The van der Waals surface area contributed by atoms with E-state index in [1.165, 1.54) is 5.56 Å². The molecule has 1 N–H and O–H groups in total. The van der Waals surface area contributed by atoms with Crippen molar-refractivity contribution in [2.24, 2.45) is 0 Å². The summed E-state index contributed by atoms with van der Waals surface area (Å²) in [6.45, 7) is 5.39. The molecule has 0 aliphatic carbocycles. The molecule has 0 bridgehead atoms. The van der Waals surface area contributed by atoms with E-state index >= 15 is 0 Å². The van der Waals surface area contributed by atoms with Gasteiger partial charge in [-0.15, -0.1) is 0 Å². The highest BCUT2D eigenvalue weighted by molar-refractivity contribution is 5.90. The van der Waals surface area contributed by atoms with Crippen molar-refractivity contribution in [3.8, 4) is 28.5 Å². The summed E-state index contributed by atoms with van der Waals surface area (Å²) in [5, 5.41) is 12.6. The van der Waals surface area contributed by atoms with Crippen molar-refractivity contribution < 1.29 is 4.74 Å². The fourth-order valence-electron chi connectivity index (χ4n) is 4.10. The van der Waals surface area contributed by atoms with E-state index in [2.05, 4.69) is 65.5 Å². The Balaban J connectivity index is 1.63. The average Bonchev–Trinajstić information content (AvgIpc) is 3.21. The van der Waals surface area contributed by atoms with Gasteiger partial charge in [0, 0.05) is 30.4 Å². The molecule has 1 atom stereocenters. The first-order valence-corrected chi connectivity index (χ1v) is 10.6. The molecular weight excluding hydrogens is 384 g/mol. The molecule has 0 radical (unpaired) electrons. The Hall–Kier alpha value is -3.46. The minimum absolute atomic E-state index is 0.152. The van der Waals surface area contributed by atoms with Crippen LogP contribution in [0.2, 0.25) is 0 Å². The highest BCUT2D eigenvalue weighted by Gasteiger charge is 2.17. The monoisotopic (exact) mass is 408 g/mol. The Morgan fingerprint density at radius 3 is 2.58 bits per heavy atom. The lowest BCUT2D eigenvalue weighted by molar-refractivity contribution is 0.0189. The van der Waals surface area contributed by atoms with E-state index < -0.39 is 0 Å². The second-order valence-electron chi connectivity index (χ2n) is 8.01. The van der Waals surface area contributed by atoms with Crippen LogP contribution < -0.4 is 5.32 Å². The number of nitrogens with one attached hydrogen (secondary N) is 1. The topological polar surface area (TPSA) is 62.9 Å². The summed E-state index contributed by atoms with van der Waals surface area (Å²) in [6, 6.07) is 22.7. The van der Waals surface area contributed by atoms with Crippen LogP contribution in [0.15, 0.2) is 66.9 Å². The van der Waals surface area contributed by atoms with Crippen molar-refractivity contribution in [2.45, 2.75) is 19.6 Å². The van der Waals surface area contributed by atoms with E-state index in [0.29, 0.717) is 5.56 Å². The smallest absolute Gasteiger partial charge is 0.0991 e. The fourth-order valence-corrected chi connectivity index (χ4v) is 4.10. The SMILES string of the molecule is Cc1ccc(-c2nc3ccn(CC4CNCCO4)c3cc2-c2ccc(C#N)cc2)cc1. The van der Waals surface area contributed by atoms with Crippen molar-refractivity contribution in [3.05, 3.63) is 78.0 Å². The normalized spacial score (nSPS) is 16.3. The van der Waals surface area contributed by atoms with Gasteiger partial charge in [0.05, 0.1) is 47.6 Å². The standard InChI is InChI=1S/C26H24N4O/c1-18-2-6-21(7-3-18)26-23(20-8-4-19(15-27)5-9-20)14-25-24(29-26)10-12-30(25)17-22-16-28-11-13-31-22/h2-10,12,14,22,28H,11,13,16-17H2,1H3. The number of hydrogen-bond donors (Lipinski definition) is 1. The molecule has 4 aromatic rings. The van der Waals surface area contributed by atoms with E-state index in [9.17, 15) is 5.26 Å². The molecule has 154 valence electrons. The molecule has 5 rings (SSSR count). The van der Waals surface area contributed by atoms with Gasteiger partial charge in [-0.3, -0.25) is 0 Å². The number of ether oxygens (including phenoxy) is 1. The van der Waals surface area contributed by atoms with Gasteiger partial charge in [-0.05, 0) is 36.8 Å². The third-order valence-corrected chi connectivity index (χ3v) is 5.81. The molecular formula is C26H24N4O. The molecule has 0 saturated carbocycles. The summed E-state index contributed by atoms with van der Waals surface area (Å²) >= 11 is 0. The van der Waals surface area contributed by atoms with Crippen LogP contribution in [-0.4, -0.2) is 35.4 Å². The van der Waals surface area contributed by atoms with E-state index in [1.807, 2.05) is 24.3 Å². The Kier molecular flexibility index (Phi) is 5.25. The maximum absolute atomic E-state index is 9.18. The predicted octanol–water partition coefficient (Wildman–Crippen LogP) is 4.54. The van der Waals surface area contributed by atoms with Crippen LogP contribution >= 0.6 is 0 Å². The van der Waals surface area contributed by atoms with Crippen LogP contribution in [0.25, 0.3) is 33.4 Å². The average molecular weight is 409 g/mol. The Morgan fingerprint density at radius 2 is 1.87 bits per heavy atom. The molecule has 1 aliphatic rings. The molecule has 0 spiro atoms. The van der Waals surface area contributed by atoms with Crippen LogP contribution in [0, 0.1) is 18.3 Å². The molecule has 1 saturated heterocycles. The van der Waals surface area contributed by atoms with Gasteiger partial charge in [0.25, 0.3) is 0 Å². The molecule has 1 aliphatic heterocycles. The van der Waals surface area contributed by atoms with E-state index in [0.717, 1.165) is 59.7 Å². The summed E-state index contributed by atoms with van der Waals surface area (Å²) in [7, 11) is 0. The van der Waals surface area contributed by atoms with Gasteiger partial charge >= 0.3 is 0 Å². The lowest BCUT2D eigenvalue weighted by Gasteiger charge is -2.24. The Morgan fingerprint density at radius 1 is 1.10 bits per heavy atom. The molecule has 1 unspecified atom stereocenters. The number of aryl methyl sites for hydroxylation is 1. The first kappa shape index (κ1) is 19.5. The maximum atomic E-state index is 9.18. The van der Waals surface area contributed by atoms with Gasteiger partial charge in [-0.25, -0.2) is 4.98 Å². The van der Waals surface area contributed by atoms with Crippen molar-refractivity contribution >= 4 is 11.0 Å². The molecule has 2 aromatic heterocycles. The summed E-state index contributed by atoms with van der Waals surface area (Å²) in [4.78, 5) is 5.07. The largest absolute Gasteiger partial charge is 0.374 e. The molecule has 3 heterocycles. The number of morpholine rings is 1. The zero-order chi connectivity index (χ0) is 21.2. The molecule has 2 aromatic carbocycles. The van der Waals surface area contributed by atoms with Crippen molar-refractivity contribution in [3.63, 3.8) is 0 Å². The lowest BCUT2D eigenvalue weighted by Crippen LogP contribution is -2.40. The van der Waals surface area contributed by atoms with Crippen LogP contribution in [0.1, 0.15) is 11.1 Å². The van der Waals surface area contributed by atoms with Crippen LogP contribution in [0.4, 0.5) is 0 Å². The summed E-state index contributed by atoms with van der Waals surface area (Å²) in [5.41, 5.74) is 8.07. The highest BCUT2D eigenvalue weighted by atomic mass is 16.5. The number of fused-ring (bicyclic) bond motifs is 1. The minimum Gasteiger partial charge on any atom is -0.374 e. The number of pyridine rings is 1. The van der Waals surface area contributed by atoms with E-state index in [4.69, 9.17) is 9.72 Å². The maximum Gasteiger partial charge on any atom is 0.0991 e. The van der Waals surface area contributed by atoms with Gasteiger partial charge in [-0.1, -0.05) is 42.0 Å². The quantitative estimate of drug-likeness (QED) is 0.539. The number of benzene rings is 2. The molecule has 5 nitrogen and oxygen atoms in total. The van der Waals surface area contributed by atoms with Gasteiger partial charge in [-0.2, -0.15) is 5.26 Å². The first-order valence-electron chi connectivity index (χ1n) is 10.6. The van der Waals surface area contributed by atoms with Crippen molar-refractivity contribution in [1.82, 2.24) is 14.9 Å². The number of nitrogens with zero attached hydrogens (tertiary/aromatic N) is 3. The second kappa shape index (κ2) is 8.35. The van der Waals surface area contributed by atoms with Crippen LogP contribution in [0.3, 0.4) is 0 Å². The third kappa shape index (κ3) is 3.96. The lowest BCUT2D eigenvalue weighted by atomic mass is 9.97. The molecule has 1 fully saturated rings. The van der Waals surface area contributed by atoms with Crippen molar-refractivity contribution in [2.75, 3.05) is 19.7 Å². The van der Waals surface area contributed by atoms with Gasteiger partial charge in [0.15, 0.2) is 0 Å². The first-order chi connectivity index (χ1) is 15.2.